The molecular formula is C22H19ClFN5OS. The Morgan fingerprint density at radius 1 is 1.13 bits per heavy atom. The minimum absolute atomic E-state index is 0.139. The van der Waals surface area contributed by atoms with Crippen molar-refractivity contribution in [2.45, 2.75) is 24.1 Å². The largest absolute Gasteiger partial charge is 0.352 e. The topological polar surface area (TPSA) is 72.2 Å². The van der Waals surface area contributed by atoms with Gasteiger partial charge < -0.3 is 5.32 Å². The van der Waals surface area contributed by atoms with E-state index in [2.05, 4.69) is 20.6 Å². The van der Waals surface area contributed by atoms with Crippen LogP contribution >= 0.6 is 23.4 Å². The predicted octanol–water partition coefficient (Wildman–Crippen LogP) is 4.49. The summed E-state index contributed by atoms with van der Waals surface area (Å²) in [6.07, 6.45) is 0.471. The number of hydrogen-bond donors (Lipinski definition) is 1. The van der Waals surface area contributed by atoms with E-state index in [0.717, 1.165) is 5.56 Å². The number of amides is 1. The molecule has 0 unspecified atom stereocenters. The van der Waals surface area contributed by atoms with E-state index < -0.39 is 0 Å². The average Bonchev–Trinajstić information content (AvgIpc) is 3.16. The molecule has 2 heterocycles. The number of carbonyl (C=O) groups excluding carboxylic acids is 1. The lowest BCUT2D eigenvalue weighted by Gasteiger charge is -2.07. The van der Waals surface area contributed by atoms with Crippen molar-refractivity contribution in [3.8, 4) is 0 Å². The van der Waals surface area contributed by atoms with E-state index >= 15 is 0 Å². The molecule has 0 bridgehead atoms. The third kappa shape index (κ3) is 5.03. The first-order valence-corrected chi connectivity index (χ1v) is 11.0. The molecule has 158 valence electrons. The van der Waals surface area contributed by atoms with Crippen LogP contribution in [-0.4, -0.2) is 32.3 Å². The van der Waals surface area contributed by atoms with Crippen molar-refractivity contribution in [1.82, 2.24) is 25.1 Å². The Balaban J connectivity index is 1.41. The normalized spacial score (nSPS) is 11.1. The fourth-order valence-electron chi connectivity index (χ4n) is 2.96. The Bertz CT molecular complexity index is 1210. The fourth-order valence-corrected chi connectivity index (χ4v) is 4.16. The van der Waals surface area contributed by atoms with Crippen LogP contribution in [0.25, 0.3) is 5.65 Å². The summed E-state index contributed by atoms with van der Waals surface area (Å²) in [5, 5.41) is 16.8. The van der Waals surface area contributed by atoms with Crippen molar-refractivity contribution in [1.29, 1.82) is 0 Å². The Labute approximate surface area is 187 Å². The molecular weight excluding hydrogens is 437 g/mol. The number of aryl methyl sites for hydroxylation is 1. The Kier molecular flexibility index (Phi) is 6.48. The van der Waals surface area contributed by atoms with Crippen molar-refractivity contribution in [3.63, 3.8) is 0 Å². The summed E-state index contributed by atoms with van der Waals surface area (Å²) in [4.78, 5) is 12.3. The van der Waals surface area contributed by atoms with Crippen LogP contribution < -0.4 is 5.32 Å². The SMILES string of the molecule is Cc1ccc(C(=O)NCCc2nnc3ccc(SCc4c(F)cccc4Cl)nn23)cc1. The highest BCUT2D eigenvalue weighted by molar-refractivity contribution is 7.98. The Hall–Kier alpha value is -2.97. The Morgan fingerprint density at radius 2 is 1.94 bits per heavy atom. The molecule has 0 saturated carbocycles. The van der Waals surface area contributed by atoms with E-state index in [1.165, 1.54) is 17.8 Å². The third-order valence-electron chi connectivity index (χ3n) is 4.68. The van der Waals surface area contributed by atoms with Crippen LogP contribution in [0.3, 0.4) is 0 Å². The fraction of sp³-hybridized carbons (Fsp3) is 0.182. The van der Waals surface area contributed by atoms with Crippen LogP contribution in [0.5, 0.6) is 0 Å². The molecule has 9 heteroatoms. The van der Waals surface area contributed by atoms with Gasteiger partial charge in [0.25, 0.3) is 5.91 Å². The maximum atomic E-state index is 14.0. The van der Waals surface area contributed by atoms with Gasteiger partial charge in [-0.3, -0.25) is 4.79 Å². The molecule has 0 saturated heterocycles. The highest BCUT2D eigenvalue weighted by Gasteiger charge is 2.12. The third-order valence-corrected chi connectivity index (χ3v) is 5.98. The standard InChI is InChI=1S/C22H19ClFN5OS/c1-14-5-7-15(8-6-14)22(30)25-12-11-20-27-26-19-9-10-21(28-29(19)20)31-13-16-17(23)3-2-4-18(16)24/h2-10H,11-13H2,1H3,(H,25,30). The van der Waals surface area contributed by atoms with Gasteiger partial charge in [-0.15, -0.1) is 10.2 Å². The molecule has 6 nitrogen and oxygen atoms in total. The number of benzene rings is 2. The lowest BCUT2D eigenvalue weighted by Crippen LogP contribution is -2.26. The molecule has 2 aromatic carbocycles. The predicted molar refractivity (Wildman–Crippen MR) is 119 cm³/mol. The number of nitrogens with one attached hydrogen (secondary N) is 1. The van der Waals surface area contributed by atoms with Crippen molar-refractivity contribution < 1.29 is 9.18 Å². The first-order valence-electron chi connectivity index (χ1n) is 9.63. The summed E-state index contributed by atoms with van der Waals surface area (Å²) < 4.78 is 15.6. The highest BCUT2D eigenvalue weighted by Crippen LogP contribution is 2.27. The number of halogens is 2. The van der Waals surface area contributed by atoms with Gasteiger partial charge in [-0.05, 0) is 43.3 Å². The first kappa shape index (κ1) is 21.3. The minimum Gasteiger partial charge on any atom is -0.352 e. The van der Waals surface area contributed by atoms with Crippen molar-refractivity contribution >= 4 is 34.9 Å². The number of carbonyl (C=O) groups is 1. The van der Waals surface area contributed by atoms with Gasteiger partial charge in [0.2, 0.25) is 0 Å². The molecule has 0 aliphatic heterocycles. The van der Waals surface area contributed by atoms with Crippen LogP contribution in [0.15, 0.2) is 59.6 Å². The number of aromatic nitrogens is 4. The maximum absolute atomic E-state index is 14.0. The van der Waals surface area contributed by atoms with Gasteiger partial charge in [0.05, 0.1) is 0 Å². The average molecular weight is 456 g/mol. The lowest BCUT2D eigenvalue weighted by molar-refractivity contribution is 0.0954. The van der Waals surface area contributed by atoms with E-state index in [9.17, 15) is 9.18 Å². The summed E-state index contributed by atoms with van der Waals surface area (Å²) in [6.45, 7) is 2.37. The molecule has 0 spiro atoms. The van der Waals surface area contributed by atoms with Gasteiger partial charge in [0.1, 0.15) is 10.8 Å². The summed E-state index contributed by atoms with van der Waals surface area (Å²) in [6, 6.07) is 15.6. The van der Waals surface area contributed by atoms with Gasteiger partial charge in [-0.2, -0.15) is 9.61 Å². The van der Waals surface area contributed by atoms with Crippen molar-refractivity contribution in [2.24, 2.45) is 0 Å². The smallest absolute Gasteiger partial charge is 0.251 e. The van der Waals surface area contributed by atoms with Gasteiger partial charge in [-0.1, -0.05) is 47.1 Å². The molecule has 0 fully saturated rings. The zero-order chi connectivity index (χ0) is 21.8. The zero-order valence-corrected chi connectivity index (χ0v) is 18.3. The molecule has 4 rings (SSSR count). The van der Waals surface area contributed by atoms with E-state index in [4.69, 9.17) is 11.6 Å². The van der Waals surface area contributed by atoms with Crippen LogP contribution in [0.1, 0.15) is 27.3 Å². The molecule has 1 N–H and O–H groups in total. The number of thioether (sulfide) groups is 1. The summed E-state index contributed by atoms with van der Waals surface area (Å²) in [5.41, 5.74) is 2.76. The second kappa shape index (κ2) is 9.45. The van der Waals surface area contributed by atoms with E-state index in [0.29, 0.717) is 51.4 Å². The number of fused-ring (bicyclic) bond motifs is 1. The summed E-state index contributed by atoms with van der Waals surface area (Å²) >= 11 is 7.47. The second-order valence-corrected chi connectivity index (χ2v) is 8.32. The van der Waals surface area contributed by atoms with E-state index in [1.807, 2.05) is 25.1 Å². The van der Waals surface area contributed by atoms with Crippen LogP contribution in [0.4, 0.5) is 4.39 Å². The monoisotopic (exact) mass is 455 g/mol. The summed E-state index contributed by atoms with van der Waals surface area (Å²) in [5.74, 6) is 0.509. The quantitative estimate of drug-likeness (QED) is 0.416. The molecule has 0 atom stereocenters. The second-order valence-electron chi connectivity index (χ2n) is 6.92. The minimum atomic E-state index is -0.338. The Morgan fingerprint density at radius 3 is 2.71 bits per heavy atom. The van der Waals surface area contributed by atoms with Gasteiger partial charge in [0.15, 0.2) is 11.5 Å². The summed E-state index contributed by atoms with van der Waals surface area (Å²) in [7, 11) is 0. The zero-order valence-electron chi connectivity index (χ0n) is 16.7. The molecule has 2 aromatic heterocycles. The van der Waals surface area contributed by atoms with Crippen molar-refractivity contribution in [3.05, 3.63) is 88.0 Å². The number of hydrogen-bond acceptors (Lipinski definition) is 5. The van der Waals surface area contributed by atoms with Crippen LogP contribution in [-0.2, 0) is 12.2 Å². The van der Waals surface area contributed by atoms with Crippen molar-refractivity contribution in [2.75, 3.05) is 6.54 Å². The van der Waals surface area contributed by atoms with Gasteiger partial charge in [-0.25, -0.2) is 4.39 Å². The first-order chi connectivity index (χ1) is 15.0. The van der Waals surface area contributed by atoms with E-state index in [1.54, 1.807) is 34.8 Å². The molecule has 4 aromatic rings. The number of nitrogens with zero attached hydrogens (tertiary/aromatic N) is 4. The molecule has 0 aliphatic rings. The maximum Gasteiger partial charge on any atom is 0.251 e. The van der Waals surface area contributed by atoms with Crippen LogP contribution in [0.2, 0.25) is 5.02 Å². The number of rotatable bonds is 7. The molecule has 1 amide bonds. The van der Waals surface area contributed by atoms with E-state index in [-0.39, 0.29) is 11.7 Å². The van der Waals surface area contributed by atoms with Gasteiger partial charge >= 0.3 is 0 Å². The highest BCUT2D eigenvalue weighted by atomic mass is 35.5. The van der Waals surface area contributed by atoms with Gasteiger partial charge in [0, 0.05) is 34.9 Å². The lowest BCUT2D eigenvalue weighted by atomic mass is 10.1. The molecule has 0 radical (unpaired) electrons. The molecule has 0 aliphatic carbocycles. The molecule has 31 heavy (non-hydrogen) atoms. The van der Waals surface area contributed by atoms with Crippen LogP contribution in [0, 0.1) is 12.7 Å².